The van der Waals surface area contributed by atoms with Gasteiger partial charge in [0.2, 0.25) is 5.56 Å². The molecule has 0 aliphatic heterocycles. The van der Waals surface area contributed by atoms with Crippen LogP contribution in [0.15, 0.2) is 40.2 Å². The van der Waals surface area contributed by atoms with Crippen molar-refractivity contribution in [3.05, 3.63) is 57.0 Å². The van der Waals surface area contributed by atoms with Crippen molar-refractivity contribution in [1.82, 2.24) is 4.98 Å². The summed E-state index contributed by atoms with van der Waals surface area (Å²) in [4.78, 5) is 14.1. The third-order valence-corrected chi connectivity index (χ3v) is 4.37. The van der Waals surface area contributed by atoms with Gasteiger partial charge < -0.3 is 10.7 Å². The molecule has 0 saturated carbocycles. The quantitative estimate of drug-likeness (QED) is 0.723. The van der Waals surface area contributed by atoms with Crippen LogP contribution in [0.1, 0.15) is 24.6 Å². The normalized spacial score (nSPS) is 30.0. The molecule has 1 aromatic heterocycles. The molecule has 3 rings (SSSR count). The molecular weight excluding hydrogens is 281 g/mol. The Bertz CT molecular complexity index is 714. The molecule has 6 heteroatoms. The maximum Gasteiger partial charge on any atom is 0.412 e. The zero-order valence-corrected chi connectivity index (χ0v) is 11.4. The average Bonchev–Trinajstić information content (AvgIpc) is 2.35. The van der Waals surface area contributed by atoms with Crippen molar-refractivity contribution in [3.63, 3.8) is 0 Å². The third-order valence-electron chi connectivity index (χ3n) is 4.37. The van der Waals surface area contributed by atoms with Crippen LogP contribution >= 0.6 is 0 Å². The fourth-order valence-corrected chi connectivity index (χ4v) is 3.53. The molecule has 0 unspecified atom stereocenters. The molecule has 2 atom stereocenters. The fourth-order valence-electron chi connectivity index (χ4n) is 3.53. The molecule has 3 N–H and O–H groups in total. The number of alkyl halides is 3. The molecule has 112 valence electrons. The Labute approximate surface area is 119 Å². The zero-order chi connectivity index (χ0) is 15.4. The van der Waals surface area contributed by atoms with Gasteiger partial charge in [-0.1, -0.05) is 12.2 Å². The summed E-state index contributed by atoms with van der Waals surface area (Å²) in [6, 6.07) is 2.86. The van der Waals surface area contributed by atoms with Gasteiger partial charge in [-0.2, -0.15) is 13.2 Å². The maximum atomic E-state index is 13.1. The van der Waals surface area contributed by atoms with E-state index in [2.05, 4.69) is 4.98 Å². The van der Waals surface area contributed by atoms with Gasteiger partial charge in [0.1, 0.15) is 0 Å². The Morgan fingerprint density at radius 2 is 2.14 bits per heavy atom. The summed E-state index contributed by atoms with van der Waals surface area (Å²) in [5.74, 6) is -0.420. The number of H-pyrrole nitrogens is 1. The Morgan fingerprint density at radius 1 is 1.43 bits per heavy atom. The first-order valence-electron chi connectivity index (χ1n) is 6.72. The second-order valence-electron chi connectivity index (χ2n) is 5.61. The molecule has 0 fully saturated rings. The van der Waals surface area contributed by atoms with Gasteiger partial charge in [-0.05, 0) is 30.5 Å². The summed E-state index contributed by atoms with van der Waals surface area (Å²) in [5.41, 5.74) is 6.33. The van der Waals surface area contributed by atoms with Crippen LogP contribution in [0.4, 0.5) is 13.2 Å². The lowest BCUT2D eigenvalue weighted by Gasteiger charge is -2.45. The topological polar surface area (TPSA) is 58.9 Å². The standard InChI is InChI=1S/C15H15F3N2O/c1-2-10-8-5-9(15(16,17)18)7-14(10,19)11-3-4-13(21)20-12(11)6-8/h2-5,8H,6-7,19H2,1H3,(H,20,21)/t8-,14+/m1/s1. The number of aromatic nitrogens is 1. The minimum absolute atomic E-state index is 0.264. The Balaban J connectivity index is 2.22. The number of allylic oxidation sites excluding steroid dienone is 2. The number of rotatable bonds is 0. The lowest BCUT2D eigenvalue weighted by Crippen LogP contribution is -2.49. The van der Waals surface area contributed by atoms with Gasteiger partial charge in [0.25, 0.3) is 0 Å². The summed E-state index contributed by atoms with van der Waals surface area (Å²) in [5, 5.41) is 0. The van der Waals surface area contributed by atoms with E-state index in [1.54, 1.807) is 19.1 Å². The van der Waals surface area contributed by atoms with Crippen molar-refractivity contribution < 1.29 is 13.2 Å². The number of fused-ring (bicyclic) bond motifs is 4. The van der Waals surface area contributed by atoms with Crippen molar-refractivity contribution >= 4 is 0 Å². The van der Waals surface area contributed by atoms with E-state index in [-0.39, 0.29) is 12.0 Å². The summed E-state index contributed by atoms with van der Waals surface area (Å²) in [6.07, 6.45) is -1.30. The highest BCUT2D eigenvalue weighted by molar-refractivity contribution is 5.49. The van der Waals surface area contributed by atoms with Crippen LogP contribution in [0.25, 0.3) is 0 Å². The molecule has 1 heterocycles. The molecule has 2 bridgehead atoms. The van der Waals surface area contributed by atoms with E-state index in [1.807, 2.05) is 0 Å². The van der Waals surface area contributed by atoms with Crippen LogP contribution in [-0.2, 0) is 12.0 Å². The molecule has 3 nitrogen and oxygen atoms in total. The van der Waals surface area contributed by atoms with E-state index in [9.17, 15) is 18.0 Å². The summed E-state index contributed by atoms with van der Waals surface area (Å²) in [6.45, 7) is 1.78. The van der Waals surface area contributed by atoms with Gasteiger partial charge in [-0.3, -0.25) is 4.79 Å². The van der Waals surface area contributed by atoms with E-state index >= 15 is 0 Å². The van der Waals surface area contributed by atoms with Gasteiger partial charge >= 0.3 is 6.18 Å². The average molecular weight is 296 g/mol. The number of nitrogens with one attached hydrogen (secondary N) is 1. The molecule has 21 heavy (non-hydrogen) atoms. The third kappa shape index (κ3) is 2.05. The number of hydrogen-bond donors (Lipinski definition) is 2. The molecular formula is C15H15F3N2O. The lowest BCUT2D eigenvalue weighted by atomic mass is 9.63. The van der Waals surface area contributed by atoms with E-state index in [4.69, 9.17) is 5.73 Å². The monoisotopic (exact) mass is 296 g/mol. The van der Waals surface area contributed by atoms with Crippen LogP contribution in [0.2, 0.25) is 0 Å². The number of pyridine rings is 1. The molecule has 0 amide bonds. The van der Waals surface area contributed by atoms with Gasteiger partial charge in [0, 0.05) is 29.7 Å². The number of aromatic amines is 1. The molecule has 0 saturated heterocycles. The van der Waals surface area contributed by atoms with Crippen LogP contribution in [0.5, 0.6) is 0 Å². The van der Waals surface area contributed by atoms with Gasteiger partial charge in [-0.25, -0.2) is 0 Å². The highest BCUT2D eigenvalue weighted by Gasteiger charge is 2.49. The van der Waals surface area contributed by atoms with Gasteiger partial charge in [0.05, 0.1) is 5.54 Å². The molecule has 2 aliphatic rings. The van der Waals surface area contributed by atoms with Crippen LogP contribution in [0.3, 0.4) is 0 Å². The molecule has 1 aromatic rings. The minimum Gasteiger partial charge on any atom is -0.326 e. The first kappa shape index (κ1) is 14.1. The summed E-state index contributed by atoms with van der Waals surface area (Å²) >= 11 is 0. The van der Waals surface area contributed by atoms with E-state index in [1.165, 1.54) is 12.1 Å². The van der Waals surface area contributed by atoms with Gasteiger partial charge in [-0.15, -0.1) is 0 Å². The van der Waals surface area contributed by atoms with Gasteiger partial charge in [0.15, 0.2) is 0 Å². The second-order valence-corrected chi connectivity index (χ2v) is 5.61. The molecule has 0 radical (unpaired) electrons. The molecule has 0 aromatic carbocycles. The molecule has 0 spiro atoms. The predicted octanol–water partition coefficient (Wildman–Crippen LogP) is 2.54. The van der Waals surface area contributed by atoms with E-state index in [0.717, 1.165) is 5.57 Å². The van der Waals surface area contributed by atoms with E-state index in [0.29, 0.717) is 17.7 Å². The minimum atomic E-state index is -4.37. The number of nitrogens with two attached hydrogens (primary N) is 1. The fraction of sp³-hybridized carbons (Fsp3) is 0.400. The summed E-state index contributed by atoms with van der Waals surface area (Å²) in [7, 11) is 0. The predicted molar refractivity (Wildman–Crippen MR) is 72.6 cm³/mol. The lowest BCUT2D eigenvalue weighted by molar-refractivity contribution is -0.0970. The largest absolute Gasteiger partial charge is 0.412 e. The molecule has 2 aliphatic carbocycles. The first-order valence-corrected chi connectivity index (χ1v) is 6.72. The SMILES string of the molecule is CC=C1[C@@H]2C=C(C(F)(F)F)C[C@@]1(N)c1ccc(=O)[nH]c1C2. The zero-order valence-electron chi connectivity index (χ0n) is 11.4. The maximum absolute atomic E-state index is 13.1. The Kier molecular flexibility index (Phi) is 2.92. The second kappa shape index (κ2) is 4.34. The van der Waals surface area contributed by atoms with Crippen molar-refractivity contribution in [3.8, 4) is 0 Å². The number of hydrogen-bond acceptors (Lipinski definition) is 2. The van der Waals surface area contributed by atoms with Crippen molar-refractivity contribution in [1.29, 1.82) is 0 Å². The first-order chi connectivity index (χ1) is 9.75. The van der Waals surface area contributed by atoms with Crippen molar-refractivity contribution in [2.45, 2.75) is 31.5 Å². The number of halogens is 3. The van der Waals surface area contributed by atoms with E-state index < -0.39 is 23.2 Å². The highest BCUT2D eigenvalue weighted by atomic mass is 19.4. The highest BCUT2D eigenvalue weighted by Crippen LogP contribution is 2.50. The van der Waals surface area contributed by atoms with Crippen molar-refractivity contribution in [2.24, 2.45) is 11.7 Å². The smallest absolute Gasteiger partial charge is 0.326 e. The van der Waals surface area contributed by atoms with Crippen molar-refractivity contribution in [2.75, 3.05) is 0 Å². The van der Waals surface area contributed by atoms with Crippen LogP contribution in [-0.4, -0.2) is 11.2 Å². The van der Waals surface area contributed by atoms with Crippen LogP contribution in [0, 0.1) is 5.92 Å². The Morgan fingerprint density at radius 3 is 2.76 bits per heavy atom. The Hall–Kier alpha value is -1.82. The van der Waals surface area contributed by atoms with Crippen LogP contribution < -0.4 is 11.3 Å². The summed E-state index contributed by atoms with van der Waals surface area (Å²) < 4.78 is 39.3.